The molecular formula is C15H24N2O3S. The van der Waals surface area contributed by atoms with Gasteiger partial charge in [-0.2, -0.15) is 4.31 Å². The predicted molar refractivity (Wildman–Crippen MR) is 83.0 cm³/mol. The lowest BCUT2D eigenvalue weighted by Crippen LogP contribution is -2.49. The molecule has 0 unspecified atom stereocenters. The van der Waals surface area contributed by atoms with Crippen LogP contribution in [0.25, 0.3) is 0 Å². The molecule has 1 heterocycles. The lowest BCUT2D eigenvalue weighted by Gasteiger charge is -2.34. The molecule has 1 aliphatic rings. The maximum absolute atomic E-state index is 12.7. The Morgan fingerprint density at radius 1 is 1.14 bits per heavy atom. The van der Waals surface area contributed by atoms with Gasteiger partial charge in [0.1, 0.15) is 0 Å². The van der Waals surface area contributed by atoms with Crippen molar-refractivity contribution >= 4 is 10.0 Å². The molecule has 1 fully saturated rings. The number of hydrogen-bond donors (Lipinski definition) is 0. The van der Waals surface area contributed by atoms with Crippen molar-refractivity contribution in [3.05, 3.63) is 29.3 Å². The molecule has 1 aromatic rings. The standard InChI is InChI=1S/C15H24N2O3S/c1-13-4-5-15(14(2)12-13)21(18,19)17-8-6-16(7-9-17)10-11-20-3/h4-5,12H,6-11H2,1-3H3. The first-order chi connectivity index (χ1) is 9.95. The van der Waals surface area contributed by atoms with E-state index in [-0.39, 0.29) is 0 Å². The summed E-state index contributed by atoms with van der Waals surface area (Å²) in [7, 11) is -1.70. The molecule has 0 aromatic heterocycles. The number of piperazine rings is 1. The fourth-order valence-corrected chi connectivity index (χ4v) is 4.27. The normalized spacial score (nSPS) is 18.0. The predicted octanol–water partition coefficient (Wildman–Crippen LogP) is 1.26. The van der Waals surface area contributed by atoms with Gasteiger partial charge in [0, 0.05) is 39.8 Å². The molecule has 6 heteroatoms. The first kappa shape index (κ1) is 16.4. The summed E-state index contributed by atoms with van der Waals surface area (Å²) < 4.78 is 32.1. The number of aryl methyl sites for hydroxylation is 2. The van der Waals surface area contributed by atoms with Crippen LogP contribution in [-0.4, -0.2) is 64.1 Å². The second kappa shape index (κ2) is 6.87. The Hall–Kier alpha value is -0.950. The quantitative estimate of drug-likeness (QED) is 0.821. The molecule has 2 rings (SSSR count). The fraction of sp³-hybridized carbons (Fsp3) is 0.600. The van der Waals surface area contributed by atoms with E-state index in [2.05, 4.69) is 4.90 Å². The molecule has 5 nitrogen and oxygen atoms in total. The molecule has 1 aliphatic heterocycles. The first-order valence-electron chi connectivity index (χ1n) is 7.24. The van der Waals surface area contributed by atoms with Gasteiger partial charge >= 0.3 is 0 Å². The van der Waals surface area contributed by atoms with Crippen LogP contribution < -0.4 is 0 Å². The lowest BCUT2D eigenvalue weighted by molar-refractivity contribution is 0.123. The van der Waals surface area contributed by atoms with E-state index in [1.54, 1.807) is 17.5 Å². The summed E-state index contributed by atoms with van der Waals surface area (Å²) in [5, 5.41) is 0. The van der Waals surface area contributed by atoms with Crippen LogP contribution in [0.5, 0.6) is 0 Å². The van der Waals surface area contributed by atoms with Gasteiger partial charge < -0.3 is 4.74 Å². The molecule has 0 atom stereocenters. The van der Waals surface area contributed by atoms with Crippen LogP contribution >= 0.6 is 0 Å². The van der Waals surface area contributed by atoms with E-state index in [9.17, 15) is 8.42 Å². The number of rotatable bonds is 5. The zero-order valence-corrected chi connectivity index (χ0v) is 13.8. The van der Waals surface area contributed by atoms with Crippen LogP contribution in [0.3, 0.4) is 0 Å². The van der Waals surface area contributed by atoms with E-state index >= 15 is 0 Å². The average molecular weight is 312 g/mol. The van der Waals surface area contributed by atoms with E-state index in [1.807, 2.05) is 26.0 Å². The number of methoxy groups -OCH3 is 1. The van der Waals surface area contributed by atoms with Gasteiger partial charge in [-0.25, -0.2) is 8.42 Å². The monoisotopic (exact) mass is 312 g/mol. The highest BCUT2D eigenvalue weighted by Crippen LogP contribution is 2.22. The second-order valence-corrected chi connectivity index (χ2v) is 7.41. The maximum Gasteiger partial charge on any atom is 0.243 e. The topological polar surface area (TPSA) is 49.9 Å². The Kier molecular flexibility index (Phi) is 5.37. The number of sulfonamides is 1. The molecule has 0 N–H and O–H groups in total. The Bertz CT molecular complexity index is 579. The van der Waals surface area contributed by atoms with Crippen LogP contribution in [-0.2, 0) is 14.8 Å². The van der Waals surface area contributed by atoms with Crippen LogP contribution in [0.15, 0.2) is 23.1 Å². The molecule has 0 bridgehead atoms. The van der Waals surface area contributed by atoms with Gasteiger partial charge in [-0.1, -0.05) is 17.7 Å². The average Bonchev–Trinajstić information content (AvgIpc) is 2.45. The molecule has 0 amide bonds. The largest absolute Gasteiger partial charge is 0.383 e. The summed E-state index contributed by atoms with van der Waals surface area (Å²) in [5.41, 5.74) is 1.90. The minimum absolute atomic E-state index is 0.429. The smallest absolute Gasteiger partial charge is 0.243 e. The summed E-state index contributed by atoms with van der Waals surface area (Å²) in [6.45, 7) is 7.96. The van der Waals surface area contributed by atoms with Crippen LogP contribution in [0.1, 0.15) is 11.1 Å². The first-order valence-corrected chi connectivity index (χ1v) is 8.68. The lowest BCUT2D eigenvalue weighted by atomic mass is 10.2. The second-order valence-electron chi connectivity index (χ2n) is 5.51. The third kappa shape index (κ3) is 3.83. The van der Waals surface area contributed by atoms with Crippen molar-refractivity contribution in [1.29, 1.82) is 0 Å². The van der Waals surface area contributed by atoms with Gasteiger partial charge in [-0.05, 0) is 25.5 Å². The molecule has 21 heavy (non-hydrogen) atoms. The number of nitrogens with zero attached hydrogens (tertiary/aromatic N) is 2. The Morgan fingerprint density at radius 3 is 2.38 bits per heavy atom. The van der Waals surface area contributed by atoms with Crippen molar-refractivity contribution in [2.24, 2.45) is 0 Å². The summed E-state index contributed by atoms with van der Waals surface area (Å²) in [6.07, 6.45) is 0. The number of ether oxygens (including phenoxy) is 1. The third-order valence-corrected chi connectivity index (χ3v) is 5.95. The van der Waals surface area contributed by atoms with E-state index in [1.165, 1.54) is 0 Å². The highest BCUT2D eigenvalue weighted by molar-refractivity contribution is 7.89. The zero-order chi connectivity index (χ0) is 15.5. The Labute approximate surface area is 127 Å². The van der Waals surface area contributed by atoms with Crippen molar-refractivity contribution in [3.63, 3.8) is 0 Å². The van der Waals surface area contributed by atoms with Crippen molar-refractivity contribution in [2.45, 2.75) is 18.7 Å². The molecule has 0 aliphatic carbocycles. The Balaban J connectivity index is 2.08. The maximum atomic E-state index is 12.7. The van der Waals surface area contributed by atoms with Crippen LogP contribution in [0, 0.1) is 13.8 Å². The minimum Gasteiger partial charge on any atom is -0.383 e. The van der Waals surface area contributed by atoms with Gasteiger partial charge in [0.05, 0.1) is 11.5 Å². The van der Waals surface area contributed by atoms with E-state index in [0.717, 1.165) is 30.8 Å². The molecule has 0 spiro atoms. The van der Waals surface area contributed by atoms with Crippen LogP contribution in [0.4, 0.5) is 0 Å². The molecule has 0 saturated carbocycles. The van der Waals surface area contributed by atoms with Gasteiger partial charge in [-0.3, -0.25) is 4.90 Å². The Morgan fingerprint density at radius 2 is 1.81 bits per heavy atom. The zero-order valence-electron chi connectivity index (χ0n) is 13.0. The van der Waals surface area contributed by atoms with Gasteiger partial charge in [0.25, 0.3) is 0 Å². The molecule has 0 radical (unpaired) electrons. The third-order valence-electron chi connectivity index (χ3n) is 3.89. The minimum atomic E-state index is -3.38. The van der Waals surface area contributed by atoms with Gasteiger partial charge in [-0.15, -0.1) is 0 Å². The fourth-order valence-electron chi connectivity index (χ4n) is 2.64. The van der Waals surface area contributed by atoms with E-state index < -0.39 is 10.0 Å². The number of benzene rings is 1. The number of hydrogen-bond acceptors (Lipinski definition) is 4. The van der Waals surface area contributed by atoms with E-state index in [4.69, 9.17) is 4.74 Å². The molecule has 1 saturated heterocycles. The summed E-state index contributed by atoms with van der Waals surface area (Å²) in [6, 6.07) is 5.49. The molecular weight excluding hydrogens is 288 g/mol. The van der Waals surface area contributed by atoms with Crippen molar-refractivity contribution in [1.82, 2.24) is 9.21 Å². The van der Waals surface area contributed by atoms with Gasteiger partial charge in [0.15, 0.2) is 0 Å². The van der Waals surface area contributed by atoms with Gasteiger partial charge in [0.2, 0.25) is 10.0 Å². The van der Waals surface area contributed by atoms with E-state index in [0.29, 0.717) is 24.6 Å². The highest BCUT2D eigenvalue weighted by atomic mass is 32.2. The van der Waals surface area contributed by atoms with Crippen molar-refractivity contribution in [2.75, 3.05) is 46.4 Å². The molecule has 1 aromatic carbocycles. The van der Waals surface area contributed by atoms with Crippen molar-refractivity contribution in [3.8, 4) is 0 Å². The SMILES string of the molecule is COCCN1CCN(S(=O)(=O)c2ccc(C)cc2C)CC1. The summed E-state index contributed by atoms with van der Waals surface area (Å²) in [5.74, 6) is 0. The van der Waals surface area contributed by atoms with Crippen LogP contribution in [0.2, 0.25) is 0 Å². The summed E-state index contributed by atoms with van der Waals surface area (Å²) >= 11 is 0. The summed E-state index contributed by atoms with van der Waals surface area (Å²) in [4.78, 5) is 2.66. The van der Waals surface area contributed by atoms with Crippen molar-refractivity contribution < 1.29 is 13.2 Å². The molecule has 118 valence electrons. The highest BCUT2D eigenvalue weighted by Gasteiger charge is 2.29.